The Balaban J connectivity index is 1.58. The Bertz CT molecular complexity index is 656. The van der Waals surface area contributed by atoms with Gasteiger partial charge in [-0.15, -0.1) is 0 Å². The summed E-state index contributed by atoms with van der Waals surface area (Å²) in [5.41, 5.74) is 1.01. The Morgan fingerprint density at radius 2 is 2.23 bits per heavy atom. The van der Waals surface area contributed by atoms with Gasteiger partial charge in [0.25, 0.3) is 0 Å². The first-order chi connectivity index (χ1) is 12.5. The van der Waals surface area contributed by atoms with Crippen LogP contribution in [0.25, 0.3) is 0 Å². The van der Waals surface area contributed by atoms with Crippen molar-refractivity contribution in [3.63, 3.8) is 0 Å². The van der Waals surface area contributed by atoms with Crippen LogP contribution in [0.5, 0.6) is 0 Å². The summed E-state index contributed by atoms with van der Waals surface area (Å²) in [6, 6.07) is 4.11. The van der Waals surface area contributed by atoms with Gasteiger partial charge in [-0.1, -0.05) is 6.58 Å². The Kier molecular flexibility index (Phi) is 6.06. The highest BCUT2D eigenvalue weighted by Gasteiger charge is 2.41. The van der Waals surface area contributed by atoms with Crippen molar-refractivity contribution >= 4 is 5.82 Å². The lowest BCUT2D eigenvalue weighted by Crippen LogP contribution is -2.58. The number of ether oxygens (including phenoxy) is 1. The summed E-state index contributed by atoms with van der Waals surface area (Å²) in [4.78, 5) is 8.79. The summed E-state index contributed by atoms with van der Waals surface area (Å²) < 4.78 is 19.3. The van der Waals surface area contributed by atoms with Gasteiger partial charge in [-0.3, -0.25) is 4.90 Å². The molecule has 2 aliphatic heterocycles. The zero-order valence-electron chi connectivity index (χ0n) is 15.4. The fraction of sp³-hybridized carbons (Fsp3) is 0.550. The van der Waals surface area contributed by atoms with Gasteiger partial charge in [0.05, 0.1) is 12.2 Å². The molecule has 2 aliphatic rings. The largest absolute Gasteiger partial charge is 0.378 e. The molecule has 142 valence electrons. The number of allylic oxidation sites excluding steroid dienone is 2. The number of hydrogen-bond donors (Lipinski definition) is 1. The molecule has 0 saturated carbocycles. The topological polar surface area (TPSA) is 48.8 Å². The van der Waals surface area contributed by atoms with E-state index in [0.29, 0.717) is 6.61 Å². The molecule has 6 heteroatoms. The fourth-order valence-corrected chi connectivity index (χ4v) is 3.72. The number of aliphatic hydroxyl groups excluding tert-OH is 1. The van der Waals surface area contributed by atoms with Crippen molar-refractivity contribution in [2.24, 2.45) is 0 Å². The van der Waals surface area contributed by atoms with E-state index in [0.717, 1.165) is 50.9 Å². The Hall–Kier alpha value is -1.76. The normalized spacial score (nSPS) is 22.4. The molecule has 0 aliphatic carbocycles. The van der Waals surface area contributed by atoms with Crippen molar-refractivity contribution in [3.05, 3.63) is 48.5 Å². The number of aryl methyl sites for hydroxylation is 1. The molecule has 0 amide bonds. The molecule has 0 aromatic carbocycles. The number of nitrogens with zero attached hydrogens (tertiary/aromatic N) is 3. The standard InChI is InChI=1S/C20H28FN3O2/c1-3-17(21)4-5-19(25)23-10-7-20(8-11-23)15-24(12-13-26-20)18-14-16(2)6-9-22-18/h3-4,6,9,14,19,25H,1,5,7-8,10-13,15H2,2H3/b17-4+. The van der Waals surface area contributed by atoms with E-state index in [2.05, 4.69) is 29.5 Å². The Morgan fingerprint density at radius 3 is 2.92 bits per heavy atom. The molecule has 3 rings (SSSR count). The van der Waals surface area contributed by atoms with Gasteiger partial charge in [-0.25, -0.2) is 9.37 Å². The second-order valence-corrected chi connectivity index (χ2v) is 7.19. The van der Waals surface area contributed by atoms with Gasteiger partial charge in [0.15, 0.2) is 0 Å². The number of aromatic nitrogens is 1. The van der Waals surface area contributed by atoms with Crippen LogP contribution in [0.15, 0.2) is 42.9 Å². The van der Waals surface area contributed by atoms with Crippen LogP contribution in [-0.4, -0.2) is 59.6 Å². The molecule has 1 unspecified atom stereocenters. The van der Waals surface area contributed by atoms with E-state index in [1.807, 2.05) is 17.2 Å². The van der Waals surface area contributed by atoms with Crippen LogP contribution in [0, 0.1) is 6.92 Å². The van der Waals surface area contributed by atoms with Gasteiger partial charge in [-0.2, -0.15) is 0 Å². The monoisotopic (exact) mass is 361 g/mol. The molecule has 3 heterocycles. The molecule has 1 aromatic rings. The van der Waals surface area contributed by atoms with Gasteiger partial charge in [0.1, 0.15) is 17.9 Å². The van der Waals surface area contributed by atoms with Crippen LogP contribution in [0.1, 0.15) is 24.8 Å². The number of halogens is 1. The number of morpholine rings is 1. The number of rotatable bonds is 5. The second-order valence-electron chi connectivity index (χ2n) is 7.19. The van der Waals surface area contributed by atoms with E-state index >= 15 is 0 Å². The molecule has 5 nitrogen and oxygen atoms in total. The minimum Gasteiger partial charge on any atom is -0.378 e. The van der Waals surface area contributed by atoms with E-state index in [4.69, 9.17) is 4.74 Å². The van der Waals surface area contributed by atoms with Crippen molar-refractivity contribution in [1.82, 2.24) is 9.88 Å². The number of aliphatic hydroxyl groups is 1. The minimum atomic E-state index is -0.670. The highest BCUT2D eigenvalue weighted by Crippen LogP contribution is 2.32. The van der Waals surface area contributed by atoms with Crippen molar-refractivity contribution < 1.29 is 14.2 Å². The summed E-state index contributed by atoms with van der Waals surface area (Å²) >= 11 is 0. The lowest BCUT2D eigenvalue weighted by atomic mass is 9.89. The molecule has 2 fully saturated rings. The summed E-state index contributed by atoms with van der Waals surface area (Å²) in [6.07, 6.45) is 5.68. The van der Waals surface area contributed by atoms with Crippen molar-refractivity contribution in [2.45, 2.75) is 38.0 Å². The van der Waals surface area contributed by atoms with E-state index in [1.165, 1.54) is 11.6 Å². The Morgan fingerprint density at radius 1 is 1.46 bits per heavy atom. The molecule has 1 spiro atoms. The van der Waals surface area contributed by atoms with Crippen LogP contribution < -0.4 is 4.90 Å². The number of hydrogen-bond acceptors (Lipinski definition) is 5. The van der Waals surface area contributed by atoms with Crippen LogP contribution in [0.4, 0.5) is 10.2 Å². The highest BCUT2D eigenvalue weighted by molar-refractivity contribution is 5.41. The number of pyridine rings is 1. The second kappa shape index (κ2) is 8.29. The number of likely N-dealkylation sites (tertiary alicyclic amines) is 1. The molecule has 1 aromatic heterocycles. The van der Waals surface area contributed by atoms with E-state index in [1.54, 1.807) is 0 Å². The van der Waals surface area contributed by atoms with Crippen LogP contribution in [0.2, 0.25) is 0 Å². The third-order valence-electron chi connectivity index (χ3n) is 5.32. The number of anilines is 1. The maximum Gasteiger partial charge on any atom is 0.128 e. The van der Waals surface area contributed by atoms with Gasteiger partial charge in [0.2, 0.25) is 0 Å². The fourth-order valence-electron chi connectivity index (χ4n) is 3.72. The summed E-state index contributed by atoms with van der Waals surface area (Å²) in [7, 11) is 0. The van der Waals surface area contributed by atoms with Crippen LogP contribution in [-0.2, 0) is 4.74 Å². The predicted molar refractivity (Wildman–Crippen MR) is 101 cm³/mol. The smallest absolute Gasteiger partial charge is 0.128 e. The van der Waals surface area contributed by atoms with Crippen molar-refractivity contribution in [2.75, 3.05) is 37.7 Å². The van der Waals surface area contributed by atoms with Crippen LogP contribution >= 0.6 is 0 Å². The average molecular weight is 361 g/mol. The third-order valence-corrected chi connectivity index (χ3v) is 5.32. The lowest BCUT2D eigenvalue weighted by Gasteiger charge is -2.48. The van der Waals surface area contributed by atoms with Crippen molar-refractivity contribution in [3.8, 4) is 0 Å². The summed E-state index contributed by atoms with van der Waals surface area (Å²) in [6.45, 7) is 9.27. The first-order valence-electron chi connectivity index (χ1n) is 9.23. The van der Waals surface area contributed by atoms with Gasteiger partial charge >= 0.3 is 0 Å². The third kappa shape index (κ3) is 4.50. The molecule has 0 bridgehead atoms. The van der Waals surface area contributed by atoms with E-state index < -0.39 is 12.1 Å². The zero-order valence-corrected chi connectivity index (χ0v) is 15.4. The maximum atomic E-state index is 13.2. The molecule has 2 saturated heterocycles. The lowest BCUT2D eigenvalue weighted by molar-refractivity contribution is -0.114. The maximum absolute atomic E-state index is 13.2. The summed E-state index contributed by atoms with van der Waals surface area (Å²) in [5.74, 6) is 0.606. The van der Waals surface area contributed by atoms with Gasteiger partial charge in [0, 0.05) is 38.8 Å². The van der Waals surface area contributed by atoms with Crippen molar-refractivity contribution in [1.29, 1.82) is 0 Å². The highest BCUT2D eigenvalue weighted by atomic mass is 19.1. The van der Waals surface area contributed by atoms with Gasteiger partial charge < -0.3 is 14.7 Å². The summed E-state index contributed by atoms with van der Waals surface area (Å²) in [5, 5.41) is 10.3. The quantitative estimate of drug-likeness (QED) is 0.818. The SMILES string of the molecule is C=C/C(F)=C\CC(O)N1CCC2(CC1)CN(c1cc(C)ccn1)CCO2. The number of piperidine rings is 1. The van der Waals surface area contributed by atoms with Gasteiger partial charge in [-0.05, 0) is 49.6 Å². The van der Waals surface area contributed by atoms with E-state index in [-0.39, 0.29) is 12.0 Å². The zero-order chi connectivity index (χ0) is 18.6. The molecular formula is C20H28FN3O2. The molecular weight excluding hydrogens is 333 g/mol. The minimum absolute atomic E-state index is 0.192. The molecule has 1 atom stereocenters. The first kappa shape index (κ1) is 19.0. The Labute approximate surface area is 154 Å². The molecule has 0 radical (unpaired) electrons. The first-order valence-corrected chi connectivity index (χ1v) is 9.23. The molecule has 1 N–H and O–H groups in total. The van der Waals surface area contributed by atoms with Crippen LogP contribution in [0.3, 0.4) is 0 Å². The van der Waals surface area contributed by atoms with E-state index in [9.17, 15) is 9.50 Å². The average Bonchev–Trinajstić information content (AvgIpc) is 2.66. The molecule has 26 heavy (non-hydrogen) atoms. The predicted octanol–water partition coefficient (Wildman–Crippen LogP) is 2.81.